The summed E-state index contributed by atoms with van der Waals surface area (Å²) in [5.41, 5.74) is 20.1. The molecule has 100 valence electrons. The number of hydrogen-bond donors (Lipinski definition) is 4. The highest BCUT2D eigenvalue weighted by Crippen LogP contribution is 2.26. The summed E-state index contributed by atoms with van der Waals surface area (Å²) < 4.78 is 13.0. The molecule has 0 saturated carbocycles. The van der Waals surface area contributed by atoms with Gasteiger partial charge in [0.25, 0.3) is 0 Å². The lowest BCUT2D eigenvalue weighted by molar-refractivity contribution is 0.589. The second-order valence-electron chi connectivity index (χ2n) is 4.06. The van der Waals surface area contributed by atoms with E-state index in [4.69, 9.17) is 17.2 Å². The van der Waals surface area contributed by atoms with Crippen molar-refractivity contribution in [2.75, 3.05) is 17.7 Å². The molecule has 1 heterocycles. The zero-order valence-corrected chi connectivity index (χ0v) is 10.4. The Labute approximate surface area is 110 Å². The molecule has 7 N–H and O–H groups in total. The van der Waals surface area contributed by atoms with Gasteiger partial charge in [-0.1, -0.05) is 6.07 Å². The predicted octanol–water partition coefficient (Wildman–Crippen LogP) is 1.26. The first-order chi connectivity index (χ1) is 9.15. The normalized spacial score (nSPS) is 10.5. The van der Waals surface area contributed by atoms with Crippen molar-refractivity contribution in [1.29, 1.82) is 0 Å². The Hall–Kier alpha value is -2.18. The molecule has 0 saturated heterocycles. The Morgan fingerprint density at radius 2 is 1.95 bits per heavy atom. The van der Waals surface area contributed by atoms with Crippen LogP contribution in [0.4, 0.5) is 15.8 Å². The van der Waals surface area contributed by atoms with Crippen molar-refractivity contribution in [3.05, 3.63) is 42.0 Å². The molecule has 5 nitrogen and oxygen atoms in total. The average molecular weight is 261 g/mol. The highest BCUT2D eigenvalue weighted by atomic mass is 19.1. The summed E-state index contributed by atoms with van der Waals surface area (Å²) in [4.78, 5) is 3.61. The molecule has 0 unspecified atom stereocenters. The van der Waals surface area contributed by atoms with Gasteiger partial charge in [-0.25, -0.2) is 4.98 Å². The summed E-state index contributed by atoms with van der Waals surface area (Å²) in [5, 5.41) is 3.02. The standard InChI is InChI=1S/C13H16FN5/c14-13-11(17)4-10(6-18-13)8-1-2-12(19-7-16)9(3-8)5-15/h1-4,6,19H,5,7,15-17H2. The van der Waals surface area contributed by atoms with Gasteiger partial charge in [0.15, 0.2) is 0 Å². The summed E-state index contributed by atoms with van der Waals surface area (Å²) in [6.45, 7) is 0.706. The Bertz CT molecular complexity index is 585. The van der Waals surface area contributed by atoms with Crippen LogP contribution in [0.2, 0.25) is 0 Å². The van der Waals surface area contributed by atoms with Gasteiger partial charge in [-0.15, -0.1) is 0 Å². The Kier molecular flexibility index (Phi) is 3.94. The van der Waals surface area contributed by atoms with Gasteiger partial charge < -0.3 is 22.5 Å². The fourth-order valence-electron chi connectivity index (χ4n) is 1.85. The summed E-state index contributed by atoms with van der Waals surface area (Å²) >= 11 is 0. The van der Waals surface area contributed by atoms with E-state index in [2.05, 4.69) is 10.3 Å². The largest absolute Gasteiger partial charge is 0.395 e. The summed E-state index contributed by atoms with van der Waals surface area (Å²) in [6, 6.07) is 7.22. The molecule has 19 heavy (non-hydrogen) atoms. The van der Waals surface area contributed by atoms with E-state index in [1.54, 1.807) is 6.07 Å². The van der Waals surface area contributed by atoms with Crippen LogP contribution >= 0.6 is 0 Å². The molecule has 0 aliphatic rings. The first-order valence-electron chi connectivity index (χ1n) is 5.84. The molecule has 1 aromatic carbocycles. The molecule has 0 atom stereocenters. The average Bonchev–Trinajstić information content (AvgIpc) is 2.42. The fraction of sp³-hybridized carbons (Fsp3) is 0.154. The molecule has 2 rings (SSSR count). The van der Waals surface area contributed by atoms with Crippen LogP contribution in [0.25, 0.3) is 11.1 Å². The topological polar surface area (TPSA) is 103 Å². The first-order valence-corrected chi connectivity index (χ1v) is 5.84. The van der Waals surface area contributed by atoms with Crippen molar-refractivity contribution >= 4 is 11.4 Å². The van der Waals surface area contributed by atoms with Gasteiger partial charge in [-0.2, -0.15) is 4.39 Å². The zero-order chi connectivity index (χ0) is 13.8. The maximum atomic E-state index is 13.0. The van der Waals surface area contributed by atoms with Crippen LogP contribution in [0, 0.1) is 5.95 Å². The number of nitrogens with two attached hydrogens (primary N) is 3. The SMILES string of the molecule is NCNc1ccc(-c2cnc(F)c(N)c2)cc1CN. The van der Waals surface area contributed by atoms with Crippen molar-refractivity contribution in [2.45, 2.75) is 6.54 Å². The van der Waals surface area contributed by atoms with E-state index in [9.17, 15) is 4.39 Å². The third-order valence-electron chi connectivity index (χ3n) is 2.82. The molecule has 0 bridgehead atoms. The number of pyridine rings is 1. The van der Waals surface area contributed by atoms with Gasteiger partial charge in [0.1, 0.15) is 0 Å². The lowest BCUT2D eigenvalue weighted by Gasteiger charge is -2.11. The molecule has 0 aliphatic heterocycles. The number of benzene rings is 1. The van der Waals surface area contributed by atoms with Crippen molar-refractivity contribution < 1.29 is 4.39 Å². The smallest absolute Gasteiger partial charge is 0.236 e. The first kappa shape index (κ1) is 13.3. The number of nitrogens with one attached hydrogen (secondary N) is 1. The number of halogens is 1. The number of hydrogen-bond acceptors (Lipinski definition) is 5. The van der Waals surface area contributed by atoms with E-state index in [1.807, 2.05) is 18.2 Å². The van der Waals surface area contributed by atoms with Crippen LogP contribution in [0.15, 0.2) is 30.5 Å². The van der Waals surface area contributed by atoms with Gasteiger partial charge in [0.05, 0.1) is 12.4 Å². The summed E-state index contributed by atoms with van der Waals surface area (Å²) in [6.07, 6.45) is 1.44. The third kappa shape index (κ3) is 2.81. The molecular formula is C13H16FN5. The van der Waals surface area contributed by atoms with E-state index in [0.29, 0.717) is 13.2 Å². The second-order valence-corrected chi connectivity index (χ2v) is 4.06. The van der Waals surface area contributed by atoms with Crippen molar-refractivity contribution in [2.24, 2.45) is 11.5 Å². The minimum absolute atomic E-state index is 0.0240. The number of nitrogens with zero attached hydrogens (tertiary/aromatic N) is 1. The molecule has 0 spiro atoms. The minimum Gasteiger partial charge on any atom is -0.395 e. The second kappa shape index (κ2) is 5.64. The van der Waals surface area contributed by atoms with Crippen molar-refractivity contribution in [1.82, 2.24) is 4.98 Å². The van der Waals surface area contributed by atoms with Crippen LogP contribution in [0.5, 0.6) is 0 Å². The fourth-order valence-corrected chi connectivity index (χ4v) is 1.85. The lowest BCUT2D eigenvalue weighted by Crippen LogP contribution is -2.13. The molecular weight excluding hydrogens is 245 g/mol. The van der Waals surface area contributed by atoms with Crippen molar-refractivity contribution in [3.8, 4) is 11.1 Å². The molecule has 0 fully saturated rings. The van der Waals surface area contributed by atoms with Gasteiger partial charge in [0, 0.05) is 24.0 Å². The van der Waals surface area contributed by atoms with E-state index >= 15 is 0 Å². The van der Waals surface area contributed by atoms with Gasteiger partial charge in [-0.3, -0.25) is 0 Å². The van der Waals surface area contributed by atoms with E-state index in [0.717, 1.165) is 22.4 Å². The molecule has 0 aliphatic carbocycles. The summed E-state index contributed by atoms with van der Waals surface area (Å²) in [5.74, 6) is -0.663. The number of aromatic nitrogens is 1. The Balaban J connectivity index is 2.42. The molecule has 1 aromatic heterocycles. The Morgan fingerprint density at radius 3 is 2.58 bits per heavy atom. The van der Waals surface area contributed by atoms with Crippen LogP contribution < -0.4 is 22.5 Å². The van der Waals surface area contributed by atoms with Gasteiger partial charge in [0.2, 0.25) is 5.95 Å². The zero-order valence-electron chi connectivity index (χ0n) is 10.4. The minimum atomic E-state index is -0.663. The van der Waals surface area contributed by atoms with Crippen LogP contribution in [-0.4, -0.2) is 11.7 Å². The lowest BCUT2D eigenvalue weighted by atomic mass is 10.0. The van der Waals surface area contributed by atoms with Crippen LogP contribution in [0.1, 0.15) is 5.56 Å². The third-order valence-corrected chi connectivity index (χ3v) is 2.82. The maximum absolute atomic E-state index is 13.0. The van der Waals surface area contributed by atoms with Crippen molar-refractivity contribution in [3.63, 3.8) is 0 Å². The Morgan fingerprint density at radius 1 is 1.16 bits per heavy atom. The highest BCUT2D eigenvalue weighted by molar-refractivity contribution is 5.70. The maximum Gasteiger partial charge on any atom is 0.236 e. The van der Waals surface area contributed by atoms with E-state index in [-0.39, 0.29) is 5.69 Å². The molecule has 0 radical (unpaired) electrons. The highest BCUT2D eigenvalue weighted by Gasteiger charge is 2.06. The number of nitrogen functional groups attached to an aromatic ring is 1. The van der Waals surface area contributed by atoms with E-state index < -0.39 is 5.95 Å². The monoisotopic (exact) mass is 261 g/mol. The predicted molar refractivity (Wildman–Crippen MR) is 74.6 cm³/mol. The van der Waals surface area contributed by atoms with E-state index in [1.165, 1.54) is 6.20 Å². The number of rotatable bonds is 4. The van der Waals surface area contributed by atoms with Gasteiger partial charge >= 0.3 is 0 Å². The summed E-state index contributed by atoms with van der Waals surface area (Å²) in [7, 11) is 0. The molecule has 6 heteroatoms. The quantitative estimate of drug-likeness (QED) is 0.490. The molecule has 0 amide bonds. The van der Waals surface area contributed by atoms with Gasteiger partial charge in [-0.05, 0) is 29.3 Å². The van der Waals surface area contributed by atoms with Crippen LogP contribution in [-0.2, 0) is 6.54 Å². The number of anilines is 2. The molecule has 2 aromatic rings. The van der Waals surface area contributed by atoms with Crippen LogP contribution in [0.3, 0.4) is 0 Å².